The van der Waals surface area contributed by atoms with Crippen LogP contribution in [0.5, 0.6) is 0 Å². The van der Waals surface area contributed by atoms with Gasteiger partial charge in [-0.3, -0.25) is 9.59 Å². The third-order valence-electron chi connectivity index (χ3n) is 4.35. The van der Waals surface area contributed by atoms with Gasteiger partial charge in [0, 0.05) is 23.9 Å². The number of amides is 1. The number of hydrogen-bond donors (Lipinski definition) is 1. The molecular formula is C20H33N3O3S. The first-order chi connectivity index (χ1) is 12.7. The second-order valence-corrected chi connectivity index (χ2v) is 8.09. The quantitative estimate of drug-likeness (QED) is 0.350. The van der Waals surface area contributed by atoms with Crippen molar-refractivity contribution in [2.24, 2.45) is 5.92 Å². The minimum Gasteiger partial charge on any atom is -0.456 e. The average molecular weight is 396 g/mol. The summed E-state index contributed by atoms with van der Waals surface area (Å²) >= 11 is 1.49. The van der Waals surface area contributed by atoms with E-state index in [1.54, 1.807) is 0 Å². The zero-order valence-corrected chi connectivity index (χ0v) is 18.2. The number of carbonyl (C=O) groups excluding carboxylic acids is 2. The van der Waals surface area contributed by atoms with E-state index in [4.69, 9.17) is 4.74 Å². The smallest absolute Gasteiger partial charge is 0.306 e. The maximum absolute atomic E-state index is 12.0. The molecule has 1 heterocycles. The highest BCUT2D eigenvalue weighted by atomic mass is 32.2. The molecule has 1 rings (SSSR count). The van der Waals surface area contributed by atoms with Crippen LogP contribution in [0.3, 0.4) is 0 Å². The van der Waals surface area contributed by atoms with Crippen LogP contribution in [-0.2, 0) is 20.7 Å². The molecule has 0 aliphatic carbocycles. The van der Waals surface area contributed by atoms with Gasteiger partial charge >= 0.3 is 5.97 Å². The number of hydrogen-bond acceptors (Lipinski definition) is 6. The summed E-state index contributed by atoms with van der Waals surface area (Å²) in [5.74, 6) is 0.0363. The molecule has 1 unspecified atom stereocenters. The number of aromatic nitrogens is 2. The first-order valence-electron chi connectivity index (χ1n) is 9.56. The Balaban J connectivity index is 2.34. The molecule has 0 aliphatic rings. The Hall–Kier alpha value is -1.63. The Labute approximate surface area is 167 Å². The molecule has 1 atom stereocenters. The summed E-state index contributed by atoms with van der Waals surface area (Å²) in [7, 11) is 0. The summed E-state index contributed by atoms with van der Waals surface area (Å²) in [6.07, 6.45) is 5.81. The van der Waals surface area contributed by atoms with Gasteiger partial charge in [0.1, 0.15) is 0 Å². The molecule has 1 aromatic rings. The second kappa shape index (κ2) is 12.0. The van der Waals surface area contributed by atoms with Gasteiger partial charge in [0.15, 0.2) is 11.8 Å². The number of thioether (sulfide) groups is 1. The van der Waals surface area contributed by atoms with E-state index in [0.29, 0.717) is 12.3 Å². The predicted octanol–water partition coefficient (Wildman–Crippen LogP) is 3.62. The number of esters is 1. The van der Waals surface area contributed by atoms with Gasteiger partial charge in [-0.1, -0.05) is 38.5 Å². The first-order valence-corrected chi connectivity index (χ1v) is 10.8. The van der Waals surface area contributed by atoms with Crippen LogP contribution in [0.25, 0.3) is 0 Å². The molecule has 6 nitrogen and oxygen atoms in total. The van der Waals surface area contributed by atoms with Gasteiger partial charge in [0.2, 0.25) is 0 Å². The lowest BCUT2D eigenvalue weighted by atomic mass is 10.0. The van der Waals surface area contributed by atoms with Crippen LogP contribution in [0.1, 0.15) is 63.4 Å². The molecule has 0 spiro atoms. The minimum absolute atomic E-state index is 0.0901. The number of aryl methyl sites for hydroxylation is 2. The van der Waals surface area contributed by atoms with Gasteiger partial charge in [-0.2, -0.15) is 0 Å². The lowest BCUT2D eigenvalue weighted by molar-refractivity contribution is -0.148. The Bertz CT molecular complexity index is 612. The van der Waals surface area contributed by atoms with E-state index in [1.807, 2.05) is 27.0 Å². The molecule has 0 fully saturated rings. The van der Waals surface area contributed by atoms with Crippen molar-refractivity contribution in [2.75, 3.05) is 12.9 Å². The van der Waals surface area contributed by atoms with Crippen LogP contribution in [0.2, 0.25) is 0 Å². The van der Waals surface area contributed by atoms with Crippen LogP contribution in [0.15, 0.2) is 5.16 Å². The van der Waals surface area contributed by atoms with Crippen molar-refractivity contribution in [3.8, 4) is 0 Å². The van der Waals surface area contributed by atoms with Gasteiger partial charge in [0.25, 0.3) is 5.91 Å². The zero-order valence-electron chi connectivity index (χ0n) is 17.4. The summed E-state index contributed by atoms with van der Waals surface area (Å²) in [5.41, 5.74) is 2.73. The molecular weight excluding hydrogens is 362 g/mol. The zero-order chi connectivity index (χ0) is 20.4. The summed E-state index contributed by atoms with van der Waals surface area (Å²) in [4.78, 5) is 32.7. The molecule has 7 heteroatoms. The van der Waals surface area contributed by atoms with Crippen LogP contribution in [-0.4, -0.2) is 40.7 Å². The minimum atomic E-state index is -0.384. The maximum atomic E-state index is 12.0. The van der Waals surface area contributed by atoms with Gasteiger partial charge in [0.05, 0.1) is 0 Å². The van der Waals surface area contributed by atoms with Gasteiger partial charge in [-0.05, 0) is 51.3 Å². The Morgan fingerprint density at radius 1 is 1.11 bits per heavy atom. The van der Waals surface area contributed by atoms with E-state index >= 15 is 0 Å². The van der Waals surface area contributed by atoms with Gasteiger partial charge in [-0.25, -0.2) is 9.97 Å². The number of nitrogens with zero attached hydrogens (tertiary/aromatic N) is 2. The maximum Gasteiger partial charge on any atom is 0.306 e. The first kappa shape index (κ1) is 23.4. The van der Waals surface area contributed by atoms with E-state index in [-0.39, 0.29) is 30.9 Å². The van der Waals surface area contributed by atoms with Crippen molar-refractivity contribution in [3.05, 3.63) is 17.0 Å². The molecule has 1 aromatic heterocycles. The highest BCUT2D eigenvalue weighted by Gasteiger charge is 2.13. The number of ether oxygens (including phenoxy) is 1. The highest BCUT2D eigenvalue weighted by Crippen LogP contribution is 2.17. The standard InChI is InChI=1S/C20H33N3O3S/c1-13(2)8-7-9-14(3)21-18(24)12-26-19(25)11-10-17-15(4)22-20(27-6)23-16(17)5/h13-14H,7-12H2,1-6H3,(H,21,24). The van der Waals surface area contributed by atoms with E-state index < -0.39 is 0 Å². The SMILES string of the molecule is CSc1nc(C)c(CCC(=O)OCC(=O)NC(C)CCCC(C)C)c(C)n1. The number of nitrogens with one attached hydrogen (secondary N) is 1. The molecule has 27 heavy (non-hydrogen) atoms. The van der Waals surface area contributed by atoms with E-state index in [0.717, 1.165) is 41.4 Å². The van der Waals surface area contributed by atoms with E-state index in [2.05, 4.69) is 29.1 Å². The fourth-order valence-electron chi connectivity index (χ4n) is 2.83. The Morgan fingerprint density at radius 3 is 2.30 bits per heavy atom. The normalized spacial score (nSPS) is 12.1. The Kier molecular flexibility index (Phi) is 10.4. The topological polar surface area (TPSA) is 81.2 Å². The molecule has 0 bridgehead atoms. The molecule has 0 saturated carbocycles. The average Bonchev–Trinajstić information content (AvgIpc) is 2.58. The molecule has 152 valence electrons. The molecule has 0 aromatic carbocycles. The summed E-state index contributed by atoms with van der Waals surface area (Å²) < 4.78 is 5.10. The lowest BCUT2D eigenvalue weighted by Crippen LogP contribution is -2.35. The molecule has 0 radical (unpaired) electrons. The summed E-state index contributed by atoms with van der Waals surface area (Å²) in [5, 5.41) is 3.61. The molecule has 0 aliphatic heterocycles. The lowest BCUT2D eigenvalue weighted by Gasteiger charge is -2.14. The highest BCUT2D eigenvalue weighted by molar-refractivity contribution is 7.98. The van der Waals surface area contributed by atoms with Crippen LogP contribution < -0.4 is 5.32 Å². The Morgan fingerprint density at radius 2 is 1.74 bits per heavy atom. The summed E-state index contributed by atoms with van der Waals surface area (Å²) in [6, 6.07) is 0.0901. The third kappa shape index (κ3) is 9.22. The second-order valence-electron chi connectivity index (χ2n) is 7.31. The molecule has 0 saturated heterocycles. The van der Waals surface area contributed by atoms with Gasteiger partial charge in [-0.15, -0.1) is 0 Å². The van der Waals surface area contributed by atoms with E-state index in [1.165, 1.54) is 11.8 Å². The predicted molar refractivity (Wildman–Crippen MR) is 109 cm³/mol. The van der Waals surface area contributed by atoms with Crippen molar-refractivity contribution in [3.63, 3.8) is 0 Å². The number of carbonyl (C=O) groups is 2. The fourth-order valence-corrected chi connectivity index (χ4v) is 3.28. The fraction of sp³-hybridized carbons (Fsp3) is 0.700. The number of rotatable bonds is 11. The van der Waals surface area contributed by atoms with Gasteiger partial charge < -0.3 is 10.1 Å². The van der Waals surface area contributed by atoms with Crippen molar-refractivity contribution >= 4 is 23.6 Å². The molecule has 1 N–H and O–H groups in total. The van der Waals surface area contributed by atoms with Crippen LogP contribution in [0.4, 0.5) is 0 Å². The van der Waals surface area contributed by atoms with Crippen LogP contribution >= 0.6 is 11.8 Å². The largest absolute Gasteiger partial charge is 0.456 e. The van der Waals surface area contributed by atoms with E-state index in [9.17, 15) is 9.59 Å². The van der Waals surface area contributed by atoms with Crippen molar-refractivity contribution < 1.29 is 14.3 Å². The van der Waals surface area contributed by atoms with Crippen molar-refractivity contribution in [1.82, 2.24) is 15.3 Å². The van der Waals surface area contributed by atoms with Crippen molar-refractivity contribution in [1.29, 1.82) is 0 Å². The van der Waals surface area contributed by atoms with Crippen molar-refractivity contribution in [2.45, 2.75) is 77.9 Å². The van der Waals surface area contributed by atoms with Crippen LogP contribution in [0, 0.1) is 19.8 Å². The summed E-state index contributed by atoms with van der Waals surface area (Å²) in [6.45, 7) is 9.97. The third-order valence-corrected chi connectivity index (χ3v) is 4.90. The molecule has 1 amide bonds. The monoisotopic (exact) mass is 395 g/mol.